The van der Waals surface area contributed by atoms with E-state index in [0.717, 1.165) is 36.0 Å². The maximum atomic E-state index is 6.14. The van der Waals surface area contributed by atoms with E-state index in [-0.39, 0.29) is 6.10 Å². The minimum atomic E-state index is 0.0792. The molecule has 1 atom stereocenters. The van der Waals surface area contributed by atoms with Crippen LogP contribution in [0.1, 0.15) is 35.5 Å². The SMILES string of the molecule is CCNCc1sc(C2CSc3ccccc3O2)nc1CC. The van der Waals surface area contributed by atoms with E-state index in [1.807, 2.05) is 23.9 Å². The van der Waals surface area contributed by atoms with Crippen molar-refractivity contribution in [2.75, 3.05) is 12.3 Å². The highest BCUT2D eigenvalue weighted by atomic mass is 32.2. The number of ether oxygens (including phenoxy) is 1. The number of aryl methyl sites for hydroxylation is 1. The summed E-state index contributed by atoms with van der Waals surface area (Å²) in [4.78, 5) is 7.40. The minimum Gasteiger partial charge on any atom is -0.481 e. The Bertz CT molecular complexity index is 612. The summed E-state index contributed by atoms with van der Waals surface area (Å²) < 4.78 is 6.14. The second-order valence-electron chi connectivity index (χ2n) is 4.92. The fourth-order valence-electron chi connectivity index (χ4n) is 2.34. The zero-order chi connectivity index (χ0) is 14.7. The number of thioether (sulfide) groups is 1. The molecule has 1 aliphatic heterocycles. The Kier molecular flexibility index (Phi) is 4.83. The van der Waals surface area contributed by atoms with Gasteiger partial charge in [0.05, 0.1) is 5.69 Å². The van der Waals surface area contributed by atoms with Gasteiger partial charge < -0.3 is 10.1 Å². The third-order valence-corrected chi connectivity index (χ3v) is 5.76. The Labute approximate surface area is 134 Å². The lowest BCUT2D eigenvalue weighted by Gasteiger charge is -2.23. The van der Waals surface area contributed by atoms with Crippen LogP contribution in [-0.4, -0.2) is 17.3 Å². The van der Waals surface area contributed by atoms with Crippen molar-refractivity contribution in [3.63, 3.8) is 0 Å². The first-order chi connectivity index (χ1) is 10.3. The van der Waals surface area contributed by atoms with E-state index in [2.05, 4.69) is 31.3 Å². The van der Waals surface area contributed by atoms with Gasteiger partial charge in [0.15, 0.2) is 6.10 Å². The lowest BCUT2D eigenvalue weighted by molar-refractivity contribution is 0.219. The van der Waals surface area contributed by atoms with Crippen LogP contribution in [0.2, 0.25) is 0 Å². The van der Waals surface area contributed by atoms with Gasteiger partial charge in [-0.1, -0.05) is 26.0 Å². The topological polar surface area (TPSA) is 34.1 Å². The molecule has 1 aromatic carbocycles. The number of nitrogens with one attached hydrogen (secondary N) is 1. The molecule has 1 N–H and O–H groups in total. The lowest BCUT2D eigenvalue weighted by atomic mass is 10.3. The predicted octanol–water partition coefficient (Wildman–Crippen LogP) is 4.04. The molecule has 1 unspecified atom stereocenters. The summed E-state index contributed by atoms with van der Waals surface area (Å²) >= 11 is 3.65. The van der Waals surface area contributed by atoms with Crippen LogP contribution in [0, 0.1) is 0 Å². The smallest absolute Gasteiger partial charge is 0.159 e. The molecule has 1 aromatic heterocycles. The van der Waals surface area contributed by atoms with Crippen molar-refractivity contribution in [3.05, 3.63) is 39.8 Å². The summed E-state index contributed by atoms with van der Waals surface area (Å²) in [6, 6.07) is 8.24. The number of thiazole rings is 1. The number of fused-ring (bicyclic) bond motifs is 1. The van der Waals surface area contributed by atoms with E-state index in [0.29, 0.717) is 0 Å². The van der Waals surface area contributed by atoms with Crippen LogP contribution in [0.3, 0.4) is 0 Å². The monoisotopic (exact) mass is 320 g/mol. The molecule has 1 aliphatic rings. The summed E-state index contributed by atoms with van der Waals surface area (Å²) in [6.45, 7) is 6.19. The van der Waals surface area contributed by atoms with Gasteiger partial charge in [0.1, 0.15) is 10.8 Å². The van der Waals surface area contributed by atoms with Crippen LogP contribution in [0.15, 0.2) is 29.2 Å². The van der Waals surface area contributed by atoms with Crippen molar-refractivity contribution in [1.82, 2.24) is 10.3 Å². The second-order valence-corrected chi connectivity index (χ2v) is 7.10. The van der Waals surface area contributed by atoms with Gasteiger partial charge in [-0.3, -0.25) is 0 Å². The van der Waals surface area contributed by atoms with Gasteiger partial charge in [-0.2, -0.15) is 0 Å². The van der Waals surface area contributed by atoms with Crippen molar-refractivity contribution >= 4 is 23.1 Å². The summed E-state index contributed by atoms with van der Waals surface area (Å²) in [5, 5.41) is 4.51. The normalized spacial score (nSPS) is 17.3. The van der Waals surface area contributed by atoms with Gasteiger partial charge in [0, 0.05) is 22.1 Å². The van der Waals surface area contributed by atoms with Crippen molar-refractivity contribution < 1.29 is 4.74 Å². The first kappa shape index (κ1) is 14.9. The minimum absolute atomic E-state index is 0.0792. The predicted molar refractivity (Wildman–Crippen MR) is 89.4 cm³/mol. The fourth-order valence-corrected chi connectivity index (χ4v) is 4.58. The van der Waals surface area contributed by atoms with Gasteiger partial charge in [0.2, 0.25) is 0 Å². The molecule has 0 spiro atoms. The van der Waals surface area contributed by atoms with Gasteiger partial charge in [-0.05, 0) is 25.1 Å². The highest BCUT2D eigenvalue weighted by Gasteiger charge is 2.25. The van der Waals surface area contributed by atoms with E-state index in [1.165, 1.54) is 15.5 Å². The van der Waals surface area contributed by atoms with Gasteiger partial charge >= 0.3 is 0 Å². The molecule has 0 fully saturated rings. The third-order valence-electron chi connectivity index (χ3n) is 3.45. The zero-order valence-corrected chi connectivity index (χ0v) is 14.0. The number of para-hydroxylation sites is 1. The standard InChI is InChI=1S/C16H20N2OS2/c1-3-11-15(9-17-4-2)21-16(18-11)13-10-20-14-8-6-5-7-12(14)19-13/h5-8,13,17H,3-4,9-10H2,1-2H3. The Hall–Kier alpha value is -1.04. The van der Waals surface area contributed by atoms with E-state index >= 15 is 0 Å². The Morgan fingerprint density at radius 1 is 1.33 bits per heavy atom. The van der Waals surface area contributed by atoms with Crippen LogP contribution in [-0.2, 0) is 13.0 Å². The average molecular weight is 320 g/mol. The van der Waals surface area contributed by atoms with Crippen LogP contribution in [0.25, 0.3) is 0 Å². The van der Waals surface area contributed by atoms with Crippen LogP contribution >= 0.6 is 23.1 Å². The molecule has 0 amide bonds. The number of rotatable bonds is 5. The molecule has 5 heteroatoms. The van der Waals surface area contributed by atoms with Crippen molar-refractivity contribution in [1.29, 1.82) is 0 Å². The molecule has 3 rings (SSSR count). The molecule has 0 saturated heterocycles. The Morgan fingerprint density at radius 2 is 2.19 bits per heavy atom. The van der Waals surface area contributed by atoms with Gasteiger partial charge in [-0.15, -0.1) is 23.1 Å². The summed E-state index contributed by atoms with van der Waals surface area (Å²) in [7, 11) is 0. The molecule has 2 aromatic rings. The van der Waals surface area contributed by atoms with Gasteiger partial charge in [0.25, 0.3) is 0 Å². The molecule has 112 valence electrons. The molecule has 21 heavy (non-hydrogen) atoms. The third kappa shape index (κ3) is 3.25. The maximum Gasteiger partial charge on any atom is 0.159 e. The van der Waals surface area contributed by atoms with Crippen LogP contribution < -0.4 is 10.1 Å². The van der Waals surface area contributed by atoms with Crippen LogP contribution in [0.4, 0.5) is 0 Å². The summed E-state index contributed by atoms with van der Waals surface area (Å²) in [5.74, 6) is 1.93. The number of benzene rings is 1. The summed E-state index contributed by atoms with van der Waals surface area (Å²) in [6.07, 6.45) is 1.06. The molecule has 0 bridgehead atoms. The zero-order valence-electron chi connectivity index (χ0n) is 12.4. The Morgan fingerprint density at radius 3 is 3.00 bits per heavy atom. The average Bonchev–Trinajstić information content (AvgIpc) is 2.95. The lowest BCUT2D eigenvalue weighted by Crippen LogP contribution is -2.14. The van der Waals surface area contributed by atoms with Crippen molar-refractivity contribution in [3.8, 4) is 5.75 Å². The largest absolute Gasteiger partial charge is 0.481 e. The molecular formula is C16H20N2OS2. The first-order valence-corrected chi connectivity index (χ1v) is 9.19. The molecule has 2 heterocycles. The van der Waals surface area contributed by atoms with Crippen LogP contribution in [0.5, 0.6) is 5.75 Å². The van der Waals surface area contributed by atoms with Crippen molar-refractivity contribution in [2.24, 2.45) is 0 Å². The van der Waals surface area contributed by atoms with Gasteiger partial charge in [-0.25, -0.2) is 4.98 Å². The molecular weight excluding hydrogens is 300 g/mol. The molecule has 3 nitrogen and oxygen atoms in total. The highest BCUT2D eigenvalue weighted by Crippen LogP contribution is 2.41. The van der Waals surface area contributed by atoms with E-state index in [1.54, 1.807) is 11.3 Å². The number of hydrogen-bond donors (Lipinski definition) is 1. The number of hydrogen-bond acceptors (Lipinski definition) is 5. The molecule has 0 aliphatic carbocycles. The van der Waals surface area contributed by atoms with E-state index in [4.69, 9.17) is 9.72 Å². The molecule has 0 saturated carbocycles. The Balaban J connectivity index is 1.80. The van der Waals surface area contributed by atoms with E-state index in [9.17, 15) is 0 Å². The number of nitrogens with zero attached hydrogens (tertiary/aromatic N) is 1. The summed E-state index contributed by atoms with van der Waals surface area (Å²) in [5.41, 5.74) is 1.21. The van der Waals surface area contributed by atoms with E-state index < -0.39 is 0 Å². The second kappa shape index (κ2) is 6.81. The molecule has 0 radical (unpaired) electrons. The highest BCUT2D eigenvalue weighted by molar-refractivity contribution is 7.99. The maximum absolute atomic E-state index is 6.14. The first-order valence-electron chi connectivity index (χ1n) is 7.39. The quantitative estimate of drug-likeness (QED) is 0.901. The number of aromatic nitrogens is 1. The fraction of sp³-hybridized carbons (Fsp3) is 0.438. The van der Waals surface area contributed by atoms with Crippen molar-refractivity contribution in [2.45, 2.75) is 37.8 Å².